The molecule has 8 heteroatoms. The summed E-state index contributed by atoms with van der Waals surface area (Å²) in [5.74, 6) is -0.422. The van der Waals surface area contributed by atoms with Crippen LogP contribution in [0.3, 0.4) is 0 Å². The number of esters is 2. The molecule has 0 saturated heterocycles. The Balaban J connectivity index is 2.08. The van der Waals surface area contributed by atoms with Gasteiger partial charge in [-0.25, -0.2) is 14.4 Å². The lowest BCUT2D eigenvalue weighted by Gasteiger charge is -2.21. The molecule has 0 saturated carbocycles. The summed E-state index contributed by atoms with van der Waals surface area (Å²) in [7, 11) is 0. The van der Waals surface area contributed by atoms with Gasteiger partial charge < -0.3 is 23.4 Å². The van der Waals surface area contributed by atoms with Gasteiger partial charge in [0.15, 0.2) is 12.2 Å². The van der Waals surface area contributed by atoms with Crippen molar-refractivity contribution < 1.29 is 33.0 Å². The lowest BCUT2D eigenvalue weighted by atomic mass is 9.90. The smallest absolute Gasteiger partial charge is 0.347 e. The number of carbonyl (C=O) groups is 2. The summed E-state index contributed by atoms with van der Waals surface area (Å²) in [4.78, 5) is 36.6. The van der Waals surface area contributed by atoms with Crippen LogP contribution in [-0.4, -0.2) is 37.4 Å². The second-order valence-corrected chi connectivity index (χ2v) is 7.37. The molecule has 0 bridgehead atoms. The van der Waals surface area contributed by atoms with Gasteiger partial charge in [-0.3, -0.25) is 0 Å². The highest BCUT2D eigenvalue weighted by atomic mass is 16.6. The van der Waals surface area contributed by atoms with Crippen molar-refractivity contribution in [2.45, 2.75) is 65.6 Å². The van der Waals surface area contributed by atoms with Gasteiger partial charge in [0.2, 0.25) is 0 Å². The van der Waals surface area contributed by atoms with E-state index in [9.17, 15) is 14.4 Å². The Morgan fingerprint density at radius 3 is 2.13 bits per heavy atom. The molecule has 168 valence electrons. The monoisotopic (exact) mass is 432 g/mol. The van der Waals surface area contributed by atoms with E-state index < -0.39 is 24.1 Å². The van der Waals surface area contributed by atoms with Crippen molar-refractivity contribution in [3.63, 3.8) is 0 Å². The number of fused-ring (bicyclic) bond motifs is 3. The van der Waals surface area contributed by atoms with E-state index in [0.29, 0.717) is 29.5 Å². The number of rotatable bonds is 8. The minimum absolute atomic E-state index is 0.233. The zero-order valence-electron chi connectivity index (χ0n) is 18.3. The summed E-state index contributed by atoms with van der Waals surface area (Å²) in [6, 6.07) is 3.16. The molecule has 8 nitrogen and oxygen atoms in total. The third-order valence-corrected chi connectivity index (χ3v) is 5.11. The summed E-state index contributed by atoms with van der Waals surface area (Å²) in [6.45, 7) is 7.04. The van der Waals surface area contributed by atoms with Gasteiger partial charge in [-0.1, -0.05) is 0 Å². The van der Waals surface area contributed by atoms with Crippen LogP contribution in [0.1, 0.15) is 51.7 Å². The molecule has 0 radical (unpaired) electrons. The van der Waals surface area contributed by atoms with Crippen molar-refractivity contribution in [3.8, 4) is 11.5 Å². The Morgan fingerprint density at radius 1 is 0.935 bits per heavy atom. The average Bonchev–Trinajstić information content (AvgIpc) is 2.74. The summed E-state index contributed by atoms with van der Waals surface area (Å²) in [5, 5.41) is 0.640. The van der Waals surface area contributed by atoms with Crippen LogP contribution in [0.5, 0.6) is 11.5 Å². The molecule has 1 aliphatic carbocycles. The second-order valence-electron chi connectivity index (χ2n) is 7.37. The molecule has 1 heterocycles. The van der Waals surface area contributed by atoms with Gasteiger partial charge in [0.25, 0.3) is 0 Å². The third-order valence-electron chi connectivity index (χ3n) is 5.11. The molecule has 1 aromatic carbocycles. The van der Waals surface area contributed by atoms with Gasteiger partial charge in [-0.2, -0.15) is 0 Å². The fourth-order valence-electron chi connectivity index (χ4n) is 3.68. The minimum atomic E-state index is -0.882. The van der Waals surface area contributed by atoms with Crippen molar-refractivity contribution >= 4 is 22.9 Å². The summed E-state index contributed by atoms with van der Waals surface area (Å²) < 4.78 is 27.3. The van der Waals surface area contributed by atoms with Crippen LogP contribution in [0, 0.1) is 0 Å². The highest BCUT2D eigenvalue weighted by Crippen LogP contribution is 2.37. The van der Waals surface area contributed by atoms with Crippen LogP contribution >= 0.6 is 0 Å². The van der Waals surface area contributed by atoms with Gasteiger partial charge in [0.1, 0.15) is 17.1 Å². The van der Waals surface area contributed by atoms with Gasteiger partial charge in [0.05, 0.1) is 18.6 Å². The van der Waals surface area contributed by atoms with Gasteiger partial charge in [-0.15, -0.1) is 0 Å². The highest BCUT2D eigenvalue weighted by molar-refractivity contribution is 5.90. The largest absolute Gasteiger partial charge is 0.479 e. The molecule has 2 atom stereocenters. The number of ether oxygens (including phenoxy) is 4. The number of carbonyl (C=O) groups excluding carboxylic acids is 2. The van der Waals surface area contributed by atoms with Crippen molar-refractivity contribution in [3.05, 3.63) is 33.7 Å². The number of hydrogen-bond acceptors (Lipinski definition) is 8. The topological polar surface area (TPSA) is 101 Å². The molecule has 0 aliphatic heterocycles. The zero-order chi connectivity index (χ0) is 22.5. The van der Waals surface area contributed by atoms with E-state index >= 15 is 0 Å². The first-order chi connectivity index (χ1) is 14.8. The van der Waals surface area contributed by atoms with Gasteiger partial charge in [-0.05, 0) is 58.9 Å². The predicted octanol–water partition coefficient (Wildman–Crippen LogP) is 3.33. The predicted molar refractivity (Wildman–Crippen MR) is 113 cm³/mol. The van der Waals surface area contributed by atoms with Crippen molar-refractivity contribution in [2.75, 3.05) is 13.2 Å². The van der Waals surface area contributed by atoms with E-state index in [2.05, 4.69) is 0 Å². The fraction of sp³-hybridized carbons (Fsp3) is 0.522. The van der Waals surface area contributed by atoms with Crippen molar-refractivity contribution in [2.24, 2.45) is 0 Å². The Hall–Kier alpha value is -3.03. The molecule has 3 rings (SSSR count). The Kier molecular flexibility index (Phi) is 7.20. The number of hydrogen-bond donors (Lipinski definition) is 0. The lowest BCUT2D eigenvalue weighted by molar-refractivity contribution is -0.151. The van der Waals surface area contributed by atoms with E-state index in [0.717, 1.165) is 18.4 Å². The zero-order valence-corrected chi connectivity index (χ0v) is 18.3. The summed E-state index contributed by atoms with van der Waals surface area (Å²) in [6.07, 6.45) is 1.44. The fourth-order valence-corrected chi connectivity index (χ4v) is 3.68. The van der Waals surface area contributed by atoms with Crippen LogP contribution in [-0.2, 0) is 31.9 Å². The first kappa shape index (κ1) is 22.7. The second kappa shape index (κ2) is 9.85. The molecule has 0 spiro atoms. The molecule has 0 N–H and O–H groups in total. The molecule has 1 aliphatic rings. The van der Waals surface area contributed by atoms with E-state index in [4.69, 9.17) is 23.4 Å². The van der Waals surface area contributed by atoms with Gasteiger partial charge >= 0.3 is 17.6 Å². The van der Waals surface area contributed by atoms with E-state index in [1.165, 1.54) is 0 Å². The SMILES string of the molecule is CCOC(=O)C(C)Oc1cc(OC(C)C(=O)OCC)c2c3c(c(=O)oc2c1)CCCC3. The molecule has 2 unspecified atom stereocenters. The molecule has 0 fully saturated rings. The van der Waals surface area contributed by atoms with Crippen LogP contribution < -0.4 is 15.1 Å². The van der Waals surface area contributed by atoms with Crippen LogP contribution in [0.15, 0.2) is 21.3 Å². The van der Waals surface area contributed by atoms with Crippen molar-refractivity contribution in [1.29, 1.82) is 0 Å². The maximum absolute atomic E-state index is 12.5. The lowest BCUT2D eigenvalue weighted by Crippen LogP contribution is -2.27. The van der Waals surface area contributed by atoms with E-state index in [1.54, 1.807) is 39.8 Å². The molecule has 1 aromatic heterocycles. The van der Waals surface area contributed by atoms with Crippen LogP contribution in [0.25, 0.3) is 11.0 Å². The Labute approximate surface area is 180 Å². The molecular weight excluding hydrogens is 404 g/mol. The summed E-state index contributed by atoms with van der Waals surface area (Å²) >= 11 is 0. The quantitative estimate of drug-likeness (QED) is 0.462. The van der Waals surface area contributed by atoms with Gasteiger partial charge in [0, 0.05) is 17.7 Å². The number of benzene rings is 1. The third kappa shape index (κ3) is 5.00. The Bertz CT molecular complexity index is 1020. The number of aryl methyl sites for hydroxylation is 1. The first-order valence-electron chi connectivity index (χ1n) is 10.6. The normalized spacial score (nSPS) is 15.0. The van der Waals surface area contributed by atoms with Crippen molar-refractivity contribution in [1.82, 2.24) is 0 Å². The minimum Gasteiger partial charge on any atom is -0.479 e. The highest BCUT2D eigenvalue weighted by Gasteiger charge is 2.25. The molecular formula is C23H28O8. The maximum atomic E-state index is 12.5. The first-order valence-corrected chi connectivity index (χ1v) is 10.6. The molecule has 31 heavy (non-hydrogen) atoms. The average molecular weight is 432 g/mol. The Morgan fingerprint density at radius 2 is 1.52 bits per heavy atom. The summed E-state index contributed by atoms with van der Waals surface area (Å²) in [5.41, 5.74) is 1.40. The van der Waals surface area contributed by atoms with E-state index in [1.807, 2.05) is 0 Å². The molecule has 2 aromatic rings. The van der Waals surface area contributed by atoms with Crippen LogP contribution in [0.2, 0.25) is 0 Å². The van der Waals surface area contributed by atoms with E-state index in [-0.39, 0.29) is 30.2 Å². The van der Waals surface area contributed by atoms with Crippen LogP contribution in [0.4, 0.5) is 0 Å². The maximum Gasteiger partial charge on any atom is 0.347 e. The standard InChI is InChI=1S/C23H28O8/c1-5-27-21(24)13(3)29-15-11-18(30-14(4)22(25)28-6-2)20-16-9-7-8-10-17(16)23(26)31-19(20)12-15/h11-14H,5-10H2,1-4H3. The molecule has 0 amide bonds.